The maximum Gasteiger partial charge on any atom is 0.143 e. The zero-order valence-electron chi connectivity index (χ0n) is 40.5. The van der Waals surface area contributed by atoms with E-state index in [2.05, 4.69) is 120 Å². The van der Waals surface area contributed by atoms with E-state index in [4.69, 9.17) is 17.6 Å². The van der Waals surface area contributed by atoms with Crippen molar-refractivity contribution in [2.75, 3.05) is 0 Å². The van der Waals surface area contributed by atoms with Crippen molar-refractivity contribution in [2.24, 2.45) is 0 Å². The first-order valence-corrected chi connectivity index (χ1v) is 20.9. The Bertz CT molecular complexity index is 4290. The molecule has 0 unspecified atom stereocenters. The third-order valence-electron chi connectivity index (χ3n) is 12.4. The van der Waals surface area contributed by atoms with Gasteiger partial charge >= 0.3 is 0 Å². The average Bonchev–Trinajstić information content (AvgIpc) is 3.80. The van der Waals surface area contributed by atoms with Gasteiger partial charge in [-0.25, -0.2) is 4.98 Å². The first kappa shape index (κ1) is 29.0. The number of furan rings is 1. The van der Waals surface area contributed by atoms with Crippen molar-refractivity contribution in [3.05, 3.63) is 218 Å². The molecule has 13 aromatic rings. The van der Waals surface area contributed by atoms with Crippen LogP contribution in [0.2, 0.25) is 0 Å². The number of benzene rings is 10. The van der Waals surface area contributed by atoms with Crippen molar-refractivity contribution < 1.29 is 14.0 Å². The molecule has 13 rings (SSSR count). The van der Waals surface area contributed by atoms with Crippen LogP contribution in [0, 0.1) is 0 Å². The Morgan fingerprint density at radius 3 is 1.71 bits per heavy atom. The molecule has 0 N–H and O–H groups in total. The van der Waals surface area contributed by atoms with Gasteiger partial charge in [-0.3, -0.25) is 4.98 Å². The molecule has 0 atom stereocenters. The number of hydrogen-bond donors (Lipinski definition) is 0. The smallest absolute Gasteiger partial charge is 0.143 e. The first-order valence-electron chi connectivity index (χ1n) is 24.4. The van der Waals surface area contributed by atoms with Crippen LogP contribution in [0.1, 0.15) is 9.60 Å². The van der Waals surface area contributed by atoms with Crippen LogP contribution in [-0.4, -0.2) is 9.97 Å². The van der Waals surface area contributed by atoms with Crippen molar-refractivity contribution in [1.82, 2.24) is 9.97 Å². The van der Waals surface area contributed by atoms with E-state index in [0.717, 1.165) is 72.2 Å². The van der Waals surface area contributed by atoms with Gasteiger partial charge in [0.05, 0.1) is 26.3 Å². The summed E-state index contributed by atoms with van der Waals surface area (Å²) in [6.45, 7) is 0. The van der Waals surface area contributed by atoms with Crippen molar-refractivity contribution in [2.45, 2.75) is 0 Å². The van der Waals surface area contributed by atoms with E-state index in [-0.39, 0.29) is 51.7 Å². The van der Waals surface area contributed by atoms with Gasteiger partial charge in [0.1, 0.15) is 11.5 Å². The number of pyridine rings is 2. The molecule has 0 aliphatic heterocycles. The van der Waals surface area contributed by atoms with Crippen LogP contribution in [-0.2, 0) is 0 Å². The molecule has 3 heterocycles. The Kier molecular flexibility index (Phi) is 6.48. The maximum atomic E-state index is 9.19. The lowest BCUT2D eigenvalue weighted by Gasteiger charge is -2.14. The van der Waals surface area contributed by atoms with Gasteiger partial charge in [0.25, 0.3) is 0 Å². The summed E-state index contributed by atoms with van der Waals surface area (Å²) in [6, 6.07) is 58.6. The molecular formula is C60H36N2O. The topological polar surface area (TPSA) is 38.9 Å². The first-order chi connectivity index (χ1) is 34.2. The van der Waals surface area contributed by atoms with E-state index in [1.807, 2.05) is 60.7 Å². The van der Waals surface area contributed by atoms with E-state index in [9.17, 15) is 1.37 Å². The van der Waals surface area contributed by atoms with Crippen LogP contribution in [0.25, 0.3) is 132 Å². The molecular weight excluding hydrogens is 765 g/mol. The SMILES string of the molecule is [2H]c1nc2c(c([2H])c1[2H])c([2H])c([2H])c1c([2H])c([2H])c(-c3ccc(-c4ccc(-c5c(-c6ccccc6)oc(-c6ccc7ccc8cccc9ccc6c7c89)c5-c5ccccc5)cc4)c4ccccc34)nc12. The van der Waals surface area contributed by atoms with Gasteiger partial charge in [0.15, 0.2) is 0 Å². The molecule has 0 spiro atoms. The molecule has 0 amide bonds. The molecule has 0 bridgehead atoms. The Balaban J connectivity index is 0.990. The van der Waals surface area contributed by atoms with Gasteiger partial charge < -0.3 is 4.42 Å². The molecule has 292 valence electrons. The largest absolute Gasteiger partial charge is 0.455 e. The van der Waals surface area contributed by atoms with E-state index in [0.29, 0.717) is 5.56 Å². The van der Waals surface area contributed by atoms with Crippen LogP contribution in [0.15, 0.2) is 223 Å². The fraction of sp³-hybridized carbons (Fsp3) is 0. The monoisotopic (exact) mass is 807 g/mol. The van der Waals surface area contributed by atoms with E-state index in [1.165, 1.54) is 26.9 Å². The number of hydrogen-bond acceptors (Lipinski definition) is 3. The van der Waals surface area contributed by atoms with Crippen molar-refractivity contribution >= 4 is 64.9 Å². The Morgan fingerprint density at radius 1 is 0.365 bits per heavy atom. The van der Waals surface area contributed by atoms with Crippen LogP contribution in [0.3, 0.4) is 0 Å². The van der Waals surface area contributed by atoms with Gasteiger partial charge in [0.2, 0.25) is 0 Å². The molecule has 3 nitrogen and oxygen atoms in total. The maximum absolute atomic E-state index is 9.19. The minimum atomic E-state index is -0.467. The molecule has 0 aliphatic rings. The van der Waals surface area contributed by atoms with Gasteiger partial charge in [-0.05, 0) is 83.5 Å². The fourth-order valence-corrected chi connectivity index (χ4v) is 9.52. The minimum absolute atomic E-state index is 0.00993. The number of nitrogens with zero attached hydrogens (tertiary/aromatic N) is 2. The van der Waals surface area contributed by atoms with E-state index < -0.39 is 18.3 Å². The van der Waals surface area contributed by atoms with Crippen LogP contribution in [0.4, 0.5) is 0 Å². The number of rotatable bonds is 6. The molecule has 0 saturated carbocycles. The summed E-state index contributed by atoms with van der Waals surface area (Å²) in [6.07, 6.45) is -0.467. The van der Waals surface area contributed by atoms with Crippen LogP contribution in [0.5, 0.6) is 0 Å². The Labute approximate surface area is 373 Å². The molecule has 3 aromatic heterocycles. The summed E-state index contributed by atoms with van der Waals surface area (Å²) in [7, 11) is 0. The van der Waals surface area contributed by atoms with Crippen molar-refractivity contribution in [3.8, 4) is 67.3 Å². The molecule has 0 radical (unpaired) electrons. The predicted octanol–water partition coefficient (Wildman–Crippen LogP) is 16.4. The highest BCUT2D eigenvalue weighted by molar-refractivity contribution is 6.26. The highest BCUT2D eigenvalue weighted by Gasteiger charge is 2.27. The summed E-state index contributed by atoms with van der Waals surface area (Å²) in [5.41, 5.74) is 8.65. The van der Waals surface area contributed by atoms with E-state index in [1.54, 1.807) is 0 Å². The highest BCUT2D eigenvalue weighted by Crippen LogP contribution is 2.51. The number of aromatic nitrogens is 2. The molecule has 0 aliphatic carbocycles. The zero-order chi connectivity index (χ0) is 47.5. The lowest BCUT2D eigenvalue weighted by Crippen LogP contribution is -1.91. The molecule has 3 heteroatoms. The third kappa shape index (κ3) is 5.60. The Morgan fingerprint density at radius 2 is 0.937 bits per heavy atom. The lowest BCUT2D eigenvalue weighted by atomic mass is 9.87. The standard InChI is InChI=1S/C60H36N2O/c1-3-11-38(12-4-1)56-55(59(45-13-5-2-6-14-45)63-60(56)51-32-29-41-25-24-39-15-9-16-40-28-31-50(51)54(41)53(39)40)42-22-20-37(21-23-42)46-33-34-49(48-19-8-7-18-47(46)48)52-35-30-44-27-26-43-17-10-36-61-57(43)58(44)62-52/h1-36H/i10D,17D,26D,27D,30D,35D,36D. The summed E-state index contributed by atoms with van der Waals surface area (Å²) in [5.74, 6) is 1.56. The fourth-order valence-electron chi connectivity index (χ4n) is 9.52. The van der Waals surface area contributed by atoms with Crippen LogP contribution >= 0.6 is 0 Å². The lowest BCUT2D eigenvalue weighted by molar-refractivity contribution is 0.599. The summed E-state index contributed by atoms with van der Waals surface area (Å²) in [5, 5.41) is 8.71. The van der Waals surface area contributed by atoms with Crippen molar-refractivity contribution in [1.29, 1.82) is 0 Å². The highest BCUT2D eigenvalue weighted by atomic mass is 16.3. The Hall–Kier alpha value is -8.40. The number of fused-ring (bicyclic) bond motifs is 4. The molecule has 0 saturated heterocycles. The summed E-state index contributed by atoms with van der Waals surface area (Å²) >= 11 is 0. The average molecular weight is 808 g/mol. The quantitative estimate of drug-likeness (QED) is 0.157. The van der Waals surface area contributed by atoms with Gasteiger partial charge in [-0.1, -0.05) is 194 Å². The second-order valence-electron chi connectivity index (χ2n) is 15.9. The van der Waals surface area contributed by atoms with Crippen LogP contribution < -0.4 is 0 Å². The summed E-state index contributed by atoms with van der Waals surface area (Å²) in [4.78, 5) is 9.11. The normalized spacial score (nSPS) is 13.4. The molecule has 0 fully saturated rings. The summed E-state index contributed by atoms with van der Waals surface area (Å²) < 4.78 is 68.0. The third-order valence-corrected chi connectivity index (χ3v) is 12.4. The second kappa shape index (κ2) is 14.1. The van der Waals surface area contributed by atoms with Gasteiger partial charge in [-0.2, -0.15) is 0 Å². The minimum Gasteiger partial charge on any atom is -0.455 e. The van der Waals surface area contributed by atoms with E-state index >= 15 is 0 Å². The second-order valence-corrected chi connectivity index (χ2v) is 15.9. The molecule has 63 heavy (non-hydrogen) atoms. The van der Waals surface area contributed by atoms with Gasteiger partial charge in [0, 0.05) is 44.8 Å². The zero-order valence-corrected chi connectivity index (χ0v) is 33.5. The van der Waals surface area contributed by atoms with Crippen molar-refractivity contribution in [3.63, 3.8) is 0 Å². The molecule has 10 aromatic carbocycles. The van der Waals surface area contributed by atoms with Gasteiger partial charge in [-0.15, -0.1) is 0 Å². The predicted molar refractivity (Wildman–Crippen MR) is 263 cm³/mol.